The van der Waals surface area contributed by atoms with E-state index in [0.717, 1.165) is 5.56 Å². The van der Waals surface area contributed by atoms with Gasteiger partial charge in [-0.15, -0.1) is 0 Å². The summed E-state index contributed by atoms with van der Waals surface area (Å²) in [4.78, 5) is 40.9. The van der Waals surface area contributed by atoms with E-state index in [4.69, 9.17) is 9.47 Å². The summed E-state index contributed by atoms with van der Waals surface area (Å²) in [6.07, 6.45) is -0.324. The number of nitrogens with one attached hydrogen (secondary N) is 2. The number of alkyl carbamates (subject to hydrolysis) is 1. The number of esters is 1. The molecule has 2 N–H and O–H groups in total. The van der Waals surface area contributed by atoms with E-state index in [9.17, 15) is 14.4 Å². The van der Waals surface area contributed by atoms with Gasteiger partial charge in [-0.3, -0.25) is 9.59 Å². The summed E-state index contributed by atoms with van der Waals surface area (Å²) in [5.41, 5.74) is 0.279. The lowest BCUT2D eigenvalue weighted by molar-refractivity contribution is -0.139. The first-order valence-corrected chi connectivity index (χ1v) is 12.0. The number of carbonyl (C=O) groups is 3. The van der Waals surface area contributed by atoms with Gasteiger partial charge in [0.1, 0.15) is 18.2 Å². The van der Waals surface area contributed by atoms with Gasteiger partial charge in [0.05, 0.1) is 13.2 Å². The number of hydrogen-bond acceptors (Lipinski definition) is 6. The summed E-state index contributed by atoms with van der Waals surface area (Å²) in [5, 5.41) is 5.94. The number of anilines is 1. The quantitative estimate of drug-likeness (QED) is 0.507. The summed E-state index contributed by atoms with van der Waals surface area (Å²) in [7, 11) is 1.30. The fourth-order valence-corrected chi connectivity index (χ4v) is 3.73. The fraction of sp³-hybridized carbons (Fsp3) is 0.464. The molecule has 2 atom stereocenters. The molecule has 2 amide bonds. The first-order valence-electron chi connectivity index (χ1n) is 12.0. The van der Waals surface area contributed by atoms with Crippen LogP contribution in [0.5, 0.6) is 0 Å². The van der Waals surface area contributed by atoms with E-state index < -0.39 is 35.3 Å². The highest BCUT2D eigenvalue weighted by molar-refractivity contribution is 5.89. The maximum atomic E-state index is 13.8. The number of rotatable bonds is 9. The number of ether oxygens (including phenoxy) is 2. The number of amides is 2. The smallest absolute Gasteiger partial charge is 0.407 e. The number of benzene rings is 2. The highest BCUT2D eigenvalue weighted by Crippen LogP contribution is 2.22. The van der Waals surface area contributed by atoms with E-state index in [1.54, 1.807) is 25.7 Å². The molecule has 0 aliphatic carbocycles. The van der Waals surface area contributed by atoms with Crippen LogP contribution in [0.3, 0.4) is 0 Å². The molecule has 0 aromatic heterocycles. The van der Waals surface area contributed by atoms with Crippen LogP contribution in [0.1, 0.15) is 47.1 Å². The highest BCUT2D eigenvalue weighted by atomic mass is 16.6. The minimum Gasteiger partial charge on any atom is -0.468 e. The van der Waals surface area contributed by atoms with Crippen LogP contribution in [0, 0.1) is 0 Å². The number of carbonyl (C=O) groups excluding carboxylic acids is 3. The molecule has 0 fully saturated rings. The van der Waals surface area contributed by atoms with Crippen LogP contribution >= 0.6 is 0 Å². The molecular formula is C28H39N3O5. The van der Waals surface area contributed by atoms with E-state index in [0.29, 0.717) is 12.1 Å². The van der Waals surface area contributed by atoms with Gasteiger partial charge in [-0.1, -0.05) is 48.5 Å². The third-order valence-corrected chi connectivity index (χ3v) is 5.10. The van der Waals surface area contributed by atoms with Crippen LogP contribution in [0.2, 0.25) is 0 Å². The first kappa shape index (κ1) is 28.7. The van der Waals surface area contributed by atoms with Crippen LogP contribution in [-0.2, 0) is 25.5 Å². The van der Waals surface area contributed by atoms with Crippen LogP contribution in [0.25, 0.3) is 0 Å². The molecule has 2 aromatic carbocycles. The Morgan fingerprint density at radius 3 is 1.94 bits per heavy atom. The largest absolute Gasteiger partial charge is 0.468 e. The molecule has 36 heavy (non-hydrogen) atoms. The molecule has 0 saturated heterocycles. The second kappa shape index (κ2) is 12.4. The number of para-hydroxylation sites is 1. The number of methoxy groups -OCH3 is 1. The molecule has 2 aromatic rings. The average Bonchev–Trinajstić information content (AvgIpc) is 2.77. The molecule has 0 radical (unpaired) electrons. The van der Waals surface area contributed by atoms with Crippen molar-refractivity contribution in [3.8, 4) is 0 Å². The third kappa shape index (κ3) is 9.60. The molecule has 0 spiro atoms. The molecule has 0 aliphatic heterocycles. The summed E-state index contributed by atoms with van der Waals surface area (Å²) in [6, 6.07) is 17.0. The van der Waals surface area contributed by atoms with Crippen molar-refractivity contribution in [2.45, 2.75) is 71.2 Å². The molecule has 196 valence electrons. The zero-order valence-corrected chi connectivity index (χ0v) is 22.3. The molecule has 8 nitrogen and oxygen atoms in total. The van der Waals surface area contributed by atoms with Crippen molar-refractivity contribution < 1.29 is 23.9 Å². The lowest BCUT2D eigenvalue weighted by Crippen LogP contribution is -2.63. The Balaban J connectivity index is 2.61. The van der Waals surface area contributed by atoms with Crippen molar-refractivity contribution in [1.29, 1.82) is 0 Å². The molecule has 0 bridgehead atoms. The van der Waals surface area contributed by atoms with Gasteiger partial charge in [0.2, 0.25) is 5.91 Å². The molecular weight excluding hydrogens is 458 g/mol. The van der Waals surface area contributed by atoms with Crippen molar-refractivity contribution in [3.05, 3.63) is 66.2 Å². The Morgan fingerprint density at radius 1 is 0.889 bits per heavy atom. The lowest BCUT2D eigenvalue weighted by Gasteiger charge is -2.39. The normalized spacial score (nSPS) is 13.2. The van der Waals surface area contributed by atoms with Gasteiger partial charge in [-0.2, -0.15) is 0 Å². The molecule has 2 rings (SSSR count). The predicted molar refractivity (Wildman–Crippen MR) is 141 cm³/mol. The second-order valence-corrected chi connectivity index (χ2v) is 10.7. The van der Waals surface area contributed by atoms with E-state index in [-0.39, 0.29) is 12.5 Å². The SMILES string of the molecule is COC(=O)CN(c1ccccc1)C(C(=O)NC(C)(C)C)[C@H](Cc1ccccc1)NC(=O)OC(C)(C)C. The van der Waals surface area contributed by atoms with Gasteiger partial charge < -0.3 is 25.0 Å². The van der Waals surface area contributed by atoms with Crippen molar-refractivity contribution in [2.75, 3.05) is 18.6 Å². The van der Waals surface area contributed by atoms with Crippen molar-refractivity contribution in [1.82, 2.24) is 10.6 Å². The van der Waals surface area contributed by atoms with Crippen molar-refractivity contribution in [2.24, 2.45) is 0 Å². The first-order chi connectivity index (χ1) is 16.8. The van der Waals surface area contributed by atoms with E-state index >= 15 is 0 Å². The third-order valence-electron chi connectivity index (χ3n) is 5.10. The zero-order chi connectivity index (χ0) is 26.9. The second-order valence-electron chi connectivity index (χ2n) is 10.7. The van der Waals surface area contributed by atoms with Gasteiger partial charge in [-0.05, 0) is 65.7 Å². The minimum atomic E-state index is -0.960. The molecule has 0 heterocycles. The fourth-order valence-electron chi connectivity index (χ4n) is 3.73. The van der Waals surface area contributed by atoms with Crippen LogP contribution in [0.4, 0.5) is 10.5 Å². The van der Waals surface area contributed by atoms with Crippen LogP contribution in [0.15, 0.2) is 60.7 Å². The topological polar surface area (TPSA) is 97.0 Å². The Morgan fingerprint density at radius 2 is 1.44 bits per heavy atom. The van der Waals surface area contributed by atoms with Gasteiger partial charge in [0.25, 0.3) is 0 Å². The molecule has 0 saturated carbocycles. The Labute approximate surface area is 214 Å². The standard InChI is InChI=1S/C28H39N3O5/c1-27(2,3)30-25(33)24(31(19-23(32)35-7)21-16-12-9-13-17-21)22(18-20-14-10-8-11-15-20)29-26(34)36-28(4,5)6/h8-17,22,24H,18-19H2,1-7H3,(H,29,34)(H,30,33)/t22-,24?/m0/s1. The highest BCUT2D eigenvalue weighted by Gasteiger charge is 2.38. The molecule has 0 aliphatic rings. The van der Waals surface area contributed by atoms with Gasteiger partial charge >= 0.3 is 12.1 Å². The Kier molecular flexibility index (Phi) is 9.90. The Hall–Kier alpha value is -3.55. The van der Waals surface area contributed by atoms with Crippen molar-refractivity contribution >= 4 is 23.7 Å². The summed E-state index contributed by atoms with van der Waals surface area (Å²) in [5.74, 6) is -0.851. The molecule has 8 heteroatoms. The summed E-state index contributed by atoms with van der Waals surface area (Å²) in [6.45, 7) is 10.8. The Bertz CT molecular complexity index is 997. The van der Waals surface area contributed by atoms with E-state index in [2.05, 4.69) is 10.6 Å². The summed E-state index contributed by atoms with van der Waals surface area (Å²) < 4.78 is 10.5. The van der Waals surface area contributed by atoms with E-state index in [1.807, 2.05) is 81.4 Å². The maximum absolute atomic E-state index is 13.8. The maximum Gasteiger partial charge on any atom is 0.407 e. The average molecular weight is 498 g/mol. The minimum absolute atomic E-state index is 0.190. The van der Waals surface area contributed by atoms with Crippen LogP contribution < -0.4 is 15.5 Å². The predicted octanol–water partition coefficient (Wildman–Crippen LogP) is 4.09. The van der Waals surface area contributed by atoms with Gasteiger partial charge in [0.15, 0.2) is 0 Å². The van der Waals surface area contributed by atoms with Crippen LogP contribution in [-0.4, -0.2) is 54.8 Å². The van der Waals surface area contributed by atoms with Crippen molar-refractivity contribution in [3.63, 3.8) is 0 Å². The number of hydrogen-bond donors (Lipinski definition) is 2. The van der Waals surface area contributed by atoms with Gasteiger partial charge in [0, 0.05) is 11.2 Å². The van der Waals surface area contributed by atoms with E-state index in [1.165, 1.54) is 7.11 Å². The summed E-state index contributed by atoms with van der Waals surface area (Å²) >= 11 is 0. The number of nitrogens with zero attached hydrogens (tertiary/aromatic N) is 1. The van der Waals surface area contributed by atoms with Gasteiger partial charge in [-0.25, -0.2) is 4.79 Å². The molecule has 1 unspecified atom stereocenters. The monoisotopic (exact) mass is 497 g/mol. The lowest BCUT2D eigenvalue weighted by atomic mass is 9.95. The zero-order valence-electron chi connectivity index (χ0n) is 22.3.